The molecule has 1 fully saturated rings. The number of rotatable bonds is 9. The molecule has 3 aromatic rings. The van der Waals surface area contributed by atoms with Crippen LogP contribution in [0.25, 0.3) is 0 Å². The summed E-state index contributed by atoms with van der Waals surface area (Å²) < 4.78 is 23.0. The van der Waals surface area contributed by atoms with Crippen molar-refractivity contribution in [2.24, 2.45) is 0 Å². The highest BCUT2D eigenvalue weighted by molar-refractivity contribution is 9.10. The summed E-state index contributed by atoms with van der Waals surface area (Å²) in [5, 5.41) is 0. The Balaban J connectivity index is 1.39. The number of esters is 2. The topological polar surface area (TPSA) is 71.1 Å². The van der Waals surface area contributed by atoms with Crippen molar-refractivity contribution in [1.82, 2.24) is 0 Å². The van der Waals surface area contributed by atoms with E-state index in [1.54, 1.807) is 36.4 Å². The lowest BCUT2D eigenvalue weighted by atomic mass is 10.1. The number of halogens is 1. The van der Waals surface area contributed by atoms with E-state index >= 15 is 0 Å². The number of hydrogen-bond acceptors (Lipinski definition) is 6. The lowest BCUT2D eigenvalue weighted by molar-refractivity contribution is 0.0161. The van der Waals surface area contributed by atoms with Crippen LogP contribution in [0.5, 0.6) is 11.5 Å². The van der Waals surface area contributed by atoms with Gasteiger partial charge >= 0.3 is 11.9 Å². The molecule has 1 saturated heterocycles. The molecule has 7 heteroatoms. The van der Waals surface area contributed by atoms with Crippen molar-refractivity contribution in [2.75, 3.05) is 19.8 Å². The minimum Gasteiger partial charge on any atom is -0.492 e. The van der Waals surface area contributed by atoms with Gasteiger partial charge in [0.15, 0.2) is 0 Å². The molecule has 0 saturated carbocycles. The summed E-state index contributed by atoms with van der Waals surface area (Å²) in [7, 11) is 0. The Bertz CT molecular complexity index is 1120. The summed E-state index contributed by atoms with van der Waals surface area (Å²) in [4.78, 5) is 25.3. The first-order valence-electron chi connectivity index (χ1n) is 11.2. The Hall–Kier alpha value is -3.16. The molecule has 0 aromatic heterocycles. The third kappa shape index (κ3) is 6.68. The maximum absolute atomic E-state index is 12.9. The monoisotopic (exact) mass is 524 g/mol. The molecule has 1 atom stereocenters. The Kier molecular flexibility index (Phi) is 8.33. The van der Waals surface area contributed by atoms with Gasteiger partial charge in [0, 0.05) is 17.5 Å². The summed E-state index contributed by atoms with van der Waals surface area (Å²) in [6.45, 7) is 1.32. The summed E-state index contributed by atoms with van der Waals surface area (Å²) in [5.74, 6) is -0.398. The van der Waals surface area contributed by atoms with Gasteiger partial charge in [-0.2, -0.15) is 0 Å². The Labute approximate surface area is 206 Å². The van der Waals surface area contributed by atoms with Crippen LogP contribution < -0.4 is 9.47 Å². The summed E-state index contributed by atoms with van der Waals surface area (Å²) in [6.07, 6.45) is 2.51. The first-order valence-corrected chi connectivity index (χ1v) is 11.9. The molecular formula is C27H25BrO6. The predicted octanol–water partition coefficient (Wildman–Crippen LogP) is 5.63. The van der Waals surface area contributed by atoms with Crippen LogP contribution in [-0.2, 0) is 15.9 Å². The van der Waals surface area contributed by atoms with E-state index in [1.165, 1.54) is 6.07 Å². The molecule has 0 aliphatic carbocycles. The quantitative estimate of drug-likeness (QED) is 0.267. The van der Waals surface area contributed by atoms with Gasteiger partial charge in [-0.1, -0.05) is 52.3 Å². The molecule has 4 rings (SSSR count). The molecular weight excluding hydrogens is 500 g/mol. The molecule has 0 spiro atoms. The standard InChI is InChI=1S/C27H25BrO6/c28-21-11-12-25(32-15-13-19-6-2-1-3-7-19)24(17-21)27(30)34-22-9-4-8-20(16-22)26(29)33-18-23-10-5-14-31-23/h1-4,6-9,11-12,16-17,23H,5,10,13-15,18H2. The van der Waals surface area contributed by atoms with Crippen LogP contribution in [0.3, 0.4) is 0 Å². The van der Waals surface area contributed by atoms with Gasteiger partial charge in [0.25, 0.3) is 0 Å². The second-order valence-corrected chi connectivity index (χ2v) is 8.79. The van der Waals surface area contributed by atoms with Crippen LogP contribution >= 0.6 is 15.9 Å². The molecule has 0 radical (unpaired) electrons. The number of benzene rings is 3. The van der Waals surface area contributed by atoms with Gasteiger partial charge in [-0.3, -0.25) is 0 Å². The van der Waals surface area contributed by atoms with Crippen LogP contribution in [0, 0.1) is 0 Å². The van der Waals surface area contributed by atoms with E-state index < -0.39 is 11.9 Å². The Morgan fingerprint density at radius 3 is 2.62 bits per heavy atom. The van der Waals surface area contributed by atoms with Gasteiger partial charge in [0.1, 0.15) is 23.7 Å². The molecule has 0 N–H and O–H groups in total. The fraction of sp³-hybridized carbons (Fsp3) is 0.259. The molecule has 6 nitrogen and oxygen atoms in total. The molecule has 3 aromatic carbocycles. The normalized spacial score (nSPS) is 15.0. The highest BCUT2D eigenvalue weighted by Gasteiger charge is 2.20. The first-order chi connectivity index (χ1) is 16.6. The first kappa shape index (κ1) is 24.0. The van der Waals surface area contributed by atoms with Crippen LogP contribution in [0.2, 0.25) is 0 Å². The van der Waals surface area contributed by atoms with Crippen LogP contribution in [0.4, 0.5) is 0 Å². The number of carbonyl (C=O) groups is 2. The van der Waals surface area contributed by atoms with E-state index in [1.807, 2.05) is 30.3 Å². The smallest absolute Gasteiger partial charge is 0.347 e. The third-order valence-corrected chi connectivity index (χ3v) is 5.85. The van der Waals surface area contributed by atoms with E-state index in [2.05, 4.69) is 15.9 Å². The average Bonchev–Trinajstić information content (AvgIpc) is 3.38. The minimum atomic E-state index is -0.583. The number of ether oxygens (including phenoxy) is 4. The molecule has 176 valence electrons. The van der Waals surface area contributed by atoms with Gasteiger partial charge < -0.3 is 18.9 Å². The molecule has 34 heavy (non-hydrogen) atoms. The van der Waals surface area contributed by atoms with E-state index in [0.29, 0.717) is 30.9 Å². The maximum atomic E-state index is 12.9. The van der Waals surface area contributed by atoms with Crippen molar-refractivity contribution in [3.63, 3.8) is 0 Å². The van der Waals surface area contributed by atoms with Gasteiger partial charge in [0.2, 0.25) is 0 Å². The van der Waals surface area contributed by atoms with Crippen molar-refractivity contribution < 1.29 is 28.5 Å². The van der Waals surface area contributed by atoms with Crippen LogP contribution in [0.1, 0.15) is 39.1 Å². The van der Waals surface area contributed by atoms with Crippen molar-refractivity contribution in [1.29, 1.82) is 0 Å². The van der Waals surface area contributed by atoms with E-state index in [9.17, 15) is 9.59 Å². The molecule has 1 aliphatic heterocycles. The molecule has 0 bridgehead atoms. The second kappa shape index (κ2) is 11.8. The maximum Gasteiger partial charge on any atom is 0.347 e. The second-order valence-electron chi connectivity index (χ2n) is 7.88. The van der Waals surface area contributed by atoms with Gasteiger partial charge in [0.05, 0.1) is 18.3 Å². The van der Waals surface area contributed by atoms with Gasteiger partial charge in [-0.05, 0) is 54.8 Å². The van der Waals surface area contributed by atoms with E-state index in [0.717, 1.165) is 22.9 Å². The number of hydrogen-bond donors (Lipinski definition) is 0. The van der Waals surface area contributed by atoms with E-state index in [4.69, 9.17) is 18.9 Å². The molecule has 1 aliphatic rings. The Morgan fingerprint density at radius 2 is 1.82 bits per heavy atom. The zero-order valence-electron chi connectivity index (χ0n) is 18.6. The fourth-order valence-electron chi connectivity index (χ4n) is 3.59. The fourth-order valence-corrected chi connectivity index (χ4v) is 3.95. The van der Waals surface area contributed by atoms with Gasteiger partial charge in [-0.25, -0.2) is 9.59 Å². The summed E-state index contributed by atoms with van der Waals surface area (Å²) >= 11 is 3.40. The highest BCUT2D eigenvalue weighted by atomic mass is 79.9. The molecule has 1 unspecified atom stereocenters. The lowest BCUT2D eigenvalue weighted by Gasteiger charge is -2.13. The zero-order valence-corrected chi connectivity index (χ0v) is 20.2. The largest absolute Gasteiger partial charge is 0.492 e. The summed E-state index contributed by atoms with van der Waals surface area (Å²) in [6, 6.07) is 21.5. The van der Waals surface area contributed by atoms with Crippen molar-refractivity contribution in [3.05, 3.63) is 94.0 Å². The van der Waals surface area contributed by atoms with E-state index in [-0.39, 0.29) is 24.0 Å². The average molecular weight is 525 g/mol. The van der Waals surface area contributed by atoms with Crippen molar-refractivity contribution in [2.45, 2.75) is 25.4 Å². The predicted molar refractivity (Wildman–Crippen MR) is 130 cm³/mol. The minimum absolute atomic E-state index is 0.0539. The van der Waals surface area contributed by atoms with Crippen molar-refractivity contribution >= 4 is 27.9 Å². The highest BCUT2D eigenvalue weighted by Crippen LogP contribution is 2.26. The van der Waals surface area contributed by atoms with Crippen LogP contribution in [0.15, 0.2) is 77.3 Å². The van der Waals surface area contributed by atoms with Crippen LogP contribution in [-0.4, -0.2) is 37.9 Å². The summed E-state index contributed by atoms with van der Waals surface area (Å²) in [5.41, 5.74) is 1.73. The van der Waals surface area contributed by atoms with Crippen molar-refractivity contribution in [3.8, 4) is 11.5 Å². The molecule has 0 amide bonds. The molecule has 1 heterocycles. The Morgan fingerprint density at radius 1 is 0.971 bits per heavy atom. The SMILES string of the molecule is O=C(OCC1CCCO1)c1cccc(OC(=O)c2cc(Br)ccc2OCCc2ccccc2)c1. The lowest BCUT2D eigenvalue weighted by Crippen LogP contribution is -2.18. The third-order valence-electron chi connectivity index (χ3n) is 5.36. The zero-order chi connectivity index (χ0) is 23.8. The van der Waals surface area contributed by atoms with Gasteiger partial charge in [-0.15, -0.1) is 0 Å². The number of carbonyl (C=O) groups excluding carboxylic acids is 2.